The van der Waals surface area contributed by atoms with Gasteiger partial charge in [0.05, 0.1) is 12.0 Å². The van der Waals surface area contributed by atoms with Crippen molar-refractivity contribution in [2.45, 2.75) is 18.9 Å². The van der Waals surface area contributed by atoms with E-state index >= 15 is 0 Å². The number of hydrogen-bond donors (Lipinski definition) is 2. The molecule has 1 aromatic carbocycles. The van der Waals surface area contributed by atoms with Crippen LogP contribution >= 0.6 is 0 Å². The number of ether oxygens (including phenoxy) is 1. The number of carbonyl (C=O) groups is 1. The average Bonchev–Trinajstić information content (AvgIpc) is 2.47. The largest absolute Gasteiger partial charge is 0.497 e. The van der Waals surface area contributed by atoms with Crippen molar-refractivity contribution < 1.29 is 19.6 Å². The maximum Gasteiger partial charge on any atom is 0.407 e. The molecule has 1 fully saturated rings. The summed E-state index contributed by atoms with van der Waals surface area (Å²) in [6, 6.07) is 4.53. The smallest absolute Gasteiger partial charge is 0.407 e. The molecule has 1 heterocycles. The average molecular weight is 295 g/mol. The predicted molar refractivity (Wildman–Crippen MR) is 75.9 cm³/mol. The van der Waals surface area contributed by atoms with E-state index in [0.29, 0.717) is 37.4 Å². The molecule has 0 radical (unpaired) electrons. The Morgan fingerprint density at radius 2 is 2.14 bits per heavy atom. The van der Waals surface area contributed by atoms with Crippen molar-refractivity contribution in [2.24, 2.45) is 0 Å². The van der Waals surface area contributed by atoms with Gasteiger partial charge in [0, 0.05) is 31.3 Å². The zero-order chi connectivity index (χ0) is 15.4. The van der Waals surface area contributed by atoms with Gasteiger partial charge in [-0.3, -0.25) is 10.1 Å². The van der Waals surface area contributed by atoms with Gasteiger partial charge in [-0.05, 0) is 18.9 Å². The minimum atomic E-state index is -0.930. The molecular formula is C13H17N3O5. The number of anilines is 1. The van der Waals surface area contributed by atoms with Gasteiger partial charge < -0.3 is 20.1 Å². The van der Waals surface area contributed by atoms with Crippen molar-refractivity contribution in [2.75, 3.05) is 25.5 Å². The van der Waals surface area contributed by atoms with Crippen LogP contribution in [0.25, 0.3) is 0 Å². The summed E-state index contributed by atoms with van der Waals surface area (Å²) < 4.78 is 5.08. The van der Waals surface area contributed by atoms with E-state index in [1.165, 1.54) is 24.1 Å². The summed E-state index contributed by atoms with van der Waals surface area (Å²) in [5.74, 6) is 0.533. The van der Waals surface area contributed by atoms with Gasteiger partial charge >= 0.3 is 6.09 Å². The molecule has 1 aromatic rings. The maximum atomic E-state index is 11.0. The van der Waals surface area contributed by atoms with Crippen LogP contribution in [-0.4, -0.2) is 47.3 Å². The molecule has 1 aliphatic rings. The monoisotopic (exact) mass is 295 g/mol. The van der Waals surface area contributed by atoms with Crippen LogP contribution in [0, 0.1) is 10.1 Å². The fourth-order valence-electron chi connectivity index (χ4n) is 2.35. The van der Waals surface area contributed by atoms with E-state index in [9.17, 15) is 14.9 Å². The second-order valence-electron chi connectivity index (χ2n) is 4.83. The molecule has 0 atom stereocenters. The van der Waals surface area contributed by atoms with Crippen molar-refractivity contribution in [3.63, 3.8) is 0 Å². The van der Waals surface area contributed by atoms with E-state index in [4.69, 9.17) is 9.84 Å². The number of carboxylic acid groups (broad SMARTS) is 1. The fourth-order valence-corrected chi connectivity index (χ4v) is 2.35. The normalized spacial score (nSPS) is 15.6. The molecule has 0 spiro atoms. The number of rotatable bonds is 4. The minimum Gasteiger partial charge on any atom is -0.497 e. The van der Waals surface area contributed by atoms with Crippen LogP contribution in [0.4, 0.5) is 16.2 Å². The van der Waals surface area contributed by atoms with Gasteiger partial charge in [-0.25, -0.2) is 4.79 Å². The number of amides is 1. The highest BCUT2D eigenvalue weighted by molar-refractivity contribution is 5.66. The molecule has 2 rings (SSSR count). The molecule has 0 saturated carbocycles. The van der Waals surface area contributed by atoms with Gasteiger partial charge in [-0.1, -0.05) is 0 Å². The van der Waals surface area contributed by atoms with Crippen molar-refractivity contribution >= 4 is 17.5 Å². The Bertz CT molecular complexity index is 541. The molecule has 1 amide bonds. The van der Waals surface area contributed by atoms with E-state index in [0.717, 1.165) is 0 Å². The number of methoxy groups -OCH3 is 1. The van der Waals surface area contributed by atoms with Crippen LogP contribution in [0.2, 0.25) is 0 Å². The Labute approximate surface area is 121 Å². The first kappa shape index (κ1) is 14.9. The summed E-state index contributed by atoms with van der Waals surface area (Å²) in [6.07, 6.45) is 0.294. The van der Waals surface area contributed by atoms with Gasteiger partial charge in [0.1, 0.15) is 11.4 Å². The van der Waals surface area contributed by atoms with Gasteiger partial charge in [-0.2, -0.15) is 0 Å². The molecule has 8 heteroatoms. The predicted octanol–water partition coefficient (Wildman–Crippen LogP) is 2.16. The first-order chi connectivity index (χ1) is 10.0. The van der Waals surface area contributed by atoms with Gasteiger partial charge in [0.25, 0.3) is 5.69 Å². The summed E-state index contributed by atoms with van der Waals surface area (Å²) in [6.45, 7) is 0.843. The van der Waals surface area contributed by atoms with Crippen LogP contribution in [0.15, 0.2) is 18.2 Å². The zero-order valence-electron chi connectivity index (χ0n) is 11.6. The number of nitro groups is 1. The number of nitrogens with one attached hydrogen (secondary N) is 1. The third-order valence-electron chi connectivity index (χ3n) is 3.53. The number of likely N-dealkylation sites (tertiary alicyclic amines) is 1. The van der Waals surface area contributed by atoms with Gasteiger partial charge in [-0.15, -0.1) is 0 Å². The topological polar surface area (TPSA) is 105 Å². The molecule has 0 unspecified atom stereocenters. The second kappa shape index (κ2) is 6.29. The molecule has 1 saturated heterocycles. The molecule has 21 heavy (non-hydrogen) atoms. The molecule has 2 N–H and O–H groups in total. The molecule has 0 aromatic heterocycles. The summed E-state index contributed by atoms with van der Waals surface area (Å²) >= 11 is 0. The standard InChI is InChI=1S/C13H17N3O5/c1-21-10-2-3-12(16(19)20)11(8-10)14-9-4-6-15(7-5-9)13(17)18/h2-3,8-9,14H,4-7H2,1H3,(H,17,18). The number of piperidine rings is 1. The van der Waals surface area contributed by atoms with E-state index in [2.05, 4.69) is 5.32 Å². The third-order valence-corrected chi connectivity index (χ3v) is 3.53. The van der Waals surface area contributed by atoms with Crippen molar-refractivity contribution in [3.8, 4) is 5.75 Å². The van der Waals surface area contributed by atoms with Gasteiger partial charge in [0.15, 0.2) is 0 Å². The molecule has 0 bridgehead atoms. The van der Waals surface area contributed by atoms with Crippen LogP contribution < -0.4 is 10.1 Å². The number of nitro benzene ring substituents is 1. The summed E-state index contributed by atoms with van der Waals surface area (Å²) in [4.78, 5) is 22.8. The van der Waals surface area contributed by atoms with Crippen molar-refractivity contribution in [1.82, 2.24) is 4.90 Å². The maximum absolute atomic E-state index is 11.0. The Balaban J connectivity index is 2.09. The number of hydrogen-bond acceptors (Lipinski definition) is 5. The highest BCUT2D eigenvalue weighted by Crippen LogP contribution is 2.30. The van der Waals surface area contributed by atoms with Crippen molar-refractivity contribution in [1.29, 1.82) is 0 Å². The molecule has 0 aliphatic carbocycles. The molecular weight excluding hydrogens is 278 g/mol. The van der Waals surface area contributed by atoms with Crippen molar-refractivity contribution in [3.05, 3.63) is 28.3 Å². The third kappa shape index (κ3) is 3.53. The van der Waals surface area contributed by atoms with Crippen LogP contribution in [-0.2, 0) is 0 Å². The number of benzene rings is 1. The summed E-state index contributed by atoms with van der Waals surface area (Å²) in [7, 11) is 1.50. The van der Waals surface area contributed by atoms with Crippen LogP contribution in [0.5, 0.6) is 5.75 Å². The van der Waals surface area contributed by atoms with E-state index in [-0.39, 0.29) is 11.7 Å². The lowest BCUT2D eigenvalue weighted by molar-refractivity contribution is -0.384. The Morgan fingerprint density at radius 3 is 2.67 bits per heavy atom. The Kier molecular flexibility index (Phi) is 4.46. The van der Waals surface area contributed by atoms with Gasteiger partial charge in [0.2, 0.25) is 0 Å². The van der Waals surface area contributed by atoms with Crippen LogP contribution in [0.3, 0.4) is 0 Å². The highest BCUT2D eigenvalue weighted by Gasteiger charge is 2.24. The van der Waals surface area contributed by atoms with Crippen LogP contribution in [0.1, 0.15) is 12.8 Å². The summed E-state index contributed by atoms with van der Waals surface area (Å²) in [5.41, 5.74) is 0.379. The lowest BCUT2D eigenvalue weighted by Crippen LogP contribution is -2.41. The van der Waals surface area contributed by atoms with E-state index in [1.54, 1.807) is 6.07 Å². The highest BCUT2D eigenvalue weighted by atomic mass is 16.6. The lowest BCUT2D eigenvalue weighted by Gasteiger charge is -2.30. The first-order valence-corrected chi connectivity index (χ1v) is 6.58. The molecule has 8 nitrogen and oxygen atoms in total. The zero-order valence-corrected chi connectivity index (χ0v) is 11.6. The van der Waals surface area contributed by atoms with E-state index < -0.39 is 11.0 Å². The minimum absolute atomic E-state index is 0.00593. The van der Waals surface area contributed by atoms with E-state index in [1.807, 2.05) is 0 Å². The molecule has 1 aliphatic heterocycles. The fraction of sp³-hybridized carbons (Fsp3) is 0.462. The first-order valence-electron chi connectivity index (χ1n) is 6.58. The SMILES string of the molecule is COc1ccc([N+](=O)[O-])c(NC2CCN(C(=O)O)CC2)c1. The second-order valence-corrected chi connectivity index (χ2v) is 4.83. The molecule has 114 valence electrons. The number of nitrogens with zero attached hydrogens (tertiary/aromatic N) is 2. The Morgan fingerprint density at radius 1 is 1.48 bits per heavy atom. The summed E-state index contributed by atoms with van der Waals surface area (Å²) in [5, 5.41) is 23.1. The lowest BCUT2D eigenvalue weighted by atomic mass is 10.0. The quantitative estimate of drug-likeness (QED) is 0.651. The Hall–Kier alpha value is -2.51.